The van der Waals surface area contributed by atoms with Crippen LogP contribution in [0.4, 0.5) is 30.7 Å². The first kappa shape index (κ1) is 29.4. The smallest absolute Gasteiger partial charge is 0.460 e. The molecule has 1 heterocycles. The molecule has 0 aliphatic rings. The molecular weight excluding hydrogens is 453 g/mol. The van der Waals surface area contributed by atoms with E-state index in [1.165, 1.54) is 12.8 Å². The van der Waals surface area contributed by atoms with Gasteiger partial charge < -0.3 is 14.6 Å². The van der Waals surface area contributed by atoms with Gasteiger partial charge in [-0.05, 0) is 26.2 Å². The normalized spacial score (nSPS) is 12.0. The third-order valence-electron chi connectivity index (χ3n) is 3.92. The molecule has 0 aliphatic carbocycles. The second kappa shape index (κ2) is 12.4. The van der Waals surface area contributed by atoms with E-state index in [1.54, 1.807) is 6.92 Å². The highest BCUT2D eigenvalue weighted by atomic mass is 19.4. The van der Waals surface area contributed by atoms with E-state index in [0.717, 1.165) is 25.9 Å². The summed E-state index contributed by atoms with van der Waals surface area (Å²) in [6.45, 7) is 9.93. The van der Waals surface area contributed by atoms with Gasteiger partial charge in [0.15, 0.2) is 0 Å². The van der Waals surface area contributed by atoms with E-state index >= 15 is 0 Å². The van der Waals surface area contributed by atoms with Crippen molar-refractivity contribution in [2.75, 3.05) is 6.61 Å². The number of ether oxygens (including phenoxy) is 1. The molecule has 0 atom stereocenters. The lowest BCUT2D eigenvalue weighted by Crippen LogP contribution is -2.60. The molecule has 0 bridgehead atoms. The van der Waals surface area contributed by atoms with E-state index in [2.05, 4.69) is 41.4 Å². The minimum Gasteiger partial charge on any atom is -0.544 e. The Kier molecular flexibility index (Phi) is 11.4. The van der Waals surface area contributed by atoms with Gasteiger partial charge in [-0.15, -0.1) is 0 Å². The third kappa shape index (κ3) is 8.87. The molecule has 6 nitrogen and oxygen atoms in total. The molecule has 0 saturated carbocycles. The molecule has 0 aliphatic heterocycles. The molecule has 0 radical (unpaired) electrons. The summed E-state index contributed by atoms with van der Waals surface area (Å²) in [5, 5.41) is 9.27. The van der Waals surface area contributed by atoms with Crippen molar-refractivity contribution in [2.24, 2.45) is 0 Å². The van der Waals surface area contributed by atoms with E-state index in [0.29, 0.717) is 12.2 Å². The van der Waals surface area contributed by atoms with E-state index in [9.17, 15) is 45.4 Å². The van der Waals surface area contributed by atoms with Crippen LogP contribution in [0.5, 0.6) is 0 Å². The first-order valence-electron chi connectivity index (χ1n) is 9.49. The number of aliphatic carboxylic acids is 1. The molecule has 1 rings (SSSR count). The van der Waals surface area contributed by atoms with Gasteiger partial charge in [-0.1, -0.05) is 19.9 Å². The van der Waals surface area contributed by atoms with Crippen molar-refractivity contribution >= 4 is 11.9 Å². The van der Waals surface area contributed by atoms with Gasteiger partial charge in [-0.3, -0.25) is 0 Å². The third-order valence-corrected chi connectivity index (χ3v) is 3.92. The minimum atomic E-state index is -6.64. The SMILES string of the molecule is C=C(C)C(=O)OCCCC[n+]1ccn(CCCC)c1.O=C([O-])C(F)(F)C(F)(F)C(F)(F)F. The van der Waals surface area contributed by atoms with Crippen LogP contribution in [0.1, 0.15) is 39.5 Å². The quantitative estimate of drug-likeness (QED) is 0.161. The maximum Gasteiger partial charge on any atom is 0.460 e. The molecule has 0 N–H and O–H groups in total. The minimum absolute atomic E-state index is 0.293. The zero-order valence-electron chi connectivity index (χ0n) is 17.6. The van der Waals surface area contributed by atoms with E-state index in [-0.39, 0.29) is 5.97 Å². The lowest BCUT2D eigenvalue weighted by atomic mass is 10.1. The lowest BCUT2D eigenvalue weighted by Gasteiger charge is -2.28. The highest BCUT2D eigenvalue weighted by Gasteiger charge is 2.73. The molecule has 0 aromatic carbocycles. The number of carboxylic acids is 1. The molecule has 0 unspecified atom stereocenters. The van der Waals surface area contributed by atoms with Crippen LogP contribution in [0.15, 0.2) is 30.9 Å². The van der Waals surface area contributed by atoms with Crippen molar-refractivity contribution in [2.45, 2.75) is 70.6 Å². The van der Waals surface area contributed by atoms with Crippen LogP contribution in [0.25, 0.3) is 0 Å². The van der Waals surface area contributed by atoms with Gasteiger partial charge in [0, 0.05) is 5.57 Å². The van der Waals surface area contributed by atoms with Crippen LogP contribution in [0.2, 0.25) is 0 Å². The summed E-state index contributed by atoms with van der Waals surface area (Å²) in [7, 11) is 0. The van der Waals surface area contributed by atoms with Crippen molar-refractivity contribution in [3.05, 3.63) is 30.9 Å². The number of carbonyl (C=O) groups is 2. The van der Waals surface area contributed by atoms with Gasteiger partial charge in [0.1, 0.15) is 18.4 Å². The monoisotopic (exact) mass is 478 g/mol. The van der Waals surface area contributed by atoms with Crippen LogP contribution in [0.3, 0.4) is 0 Å². The summed E-state index contributed by atoms with van der Waals surface area (Å²) in [6.07, 6.45) is 4.01. The topological polar surface area (TPSA) is 75.2 Å². The second-order valence-electron chi connectivity index (χ2n) is 6.80. The number of imidazole rings is 1. The fourth-order valence-electron chi connectivity index (χ4n) is 2.03. The summed E-state index contributed by atoms with van der Waals surface area (Å²) in [6, 6.07) is 0. The van der Waals surface area contributed by atoms with E-state index in [4.69, 9.17) is 4.74 Å². The molecule has 0 saturated heterocycles. The van der Waals surface area contributed by atoms with Crippen molar-refractivity contribution in [1.82, 2.24) is 4.57 Å². The molecule has 0 spiro atoms. The first-order chi connectivity index (χ1) is 14.6. The maximum atomic E-state index is 11.7. The van der Waals surface area contributed by atoms with Gasteiger partial charge >= 0.3 is 24.0 Å². The number of alkyl halides is 7. The van der Waals surface area contributed by atoms with Gasteiger partial charge in [0.05, 0.1) is 19.7 Å². The Hall–Kier alpha value is -2.60. The number of unbranched alkanes of at least 4 members (excludes halogenated alkanes) is 2. The highest BCUT2D eigenvalue weighted by molar-refractivity contribution is 5.86. The Balaban J connectivity index is 0.000000649. The van der Waals surface area contributed by atoms with Crippen LogP contribution in [-0.2, 0) is 27.4 Å². The average Bonchev–Trinajstić information content (AvgIpc) is 3.12. The zero-order chi connectivity index (χ0) is 25.2. The molecule has 1 aromatic heterocycles. The standard InChI is InChI=1S/C15H25N2O2.C4HF7O2/c1-4-5-8-16-10-11-17(13-16)9-6-7-12-19-15(18)14(2)3;5-2(6,1(12)13)3(7,8)4(9,10)11/h10-11,13H,2,4-9,12H2,1,3H3;(H,12,13)/q+1;/p-1. The zero-order valence-corrected chi connectivity index (χ0v) is 17.6. The predicted octanol–water partition coefficient (Wildman–Crippen LogP) is 3.04. The van der Waals surface area contributed by atoms with Crippen LogP contribution < -0.4 is 9.67 Å². The van der Waals surface area contributed by atoms with Crippen LogP contribution in [-0.4, -0.2) is 41.1 Å². The average molecular weight is 478 g/mol. The second-order valence-corrected chi connectivity index (χ2v) is 6.80. The van der Waals surface area contributed by atoms with Crippen molar-refractivity contribution in [3.63, 3.8) is 0 Å². The van der Waals surface area contributed by atoms with Crippen LogP contribution in [0, 0.1) is 0 Å². The van der Waals surface area contributed by atoms with Crippen LogP contribution >= 0.6 is 0 Å². The first-order valence-corrected chi connectivity index (χ1v) is 9.49. The van der Waals surface area contributed by atoms with E-state index in [1.807, 2.05) is 0 Å². The number of hydrogen-bond acceptors (Lipinski definition) is 4. The molecule has 1 aromatic rings. The van der Waals surface area contributed by atoms with Gasteiger partial charge in [0.2, 0.25) is 6.33 Å². The van der Waals surface area contributed by atoms with Gasteiger partial charge in [-0.2, -0.15) is 30.7 Å². The van der Waals surface area contributed by atoms with Gasteiger partial charge in [-0.25, -0.2) is 13.9 Å². The van der Waals surface area contributed by atoms with Crippen molar-refractivity contribution < 1.29 is 54.7 Å². The molecule has 0 fully saturated rings. The number of rotatable bonds is 11. The number of halogens is 7. The Bertz CT molecular complexity index is 761. The Morgan fingerprint density at radius 2 is 1.69 bits per heavy atom. The number of nitrogens with zero attached hydrogens (tertiary/aromatic N) is 2. The molecule has 184 valence electrons. The summed E-state index contributed by atoms with van der Waals surface area (Å²) >= 11 is 0. The predicted molar refractivity (Wildman–Crippen MR) is 95.5 cm³/mol. The Morgan fingerprint density at radius 1 is 1.09 bits per heavy atom. The fraction of sp³-hybridized carbons (Fsp3) is 0.632. The number of aromatic nitrogens is 2. The number of carbonyl (C=O) groups excluding carboxylic acids is 2. The van der Waals surface area contributed by atoms with Crippen molar-refractivity contribution in [3.8, 4) is 0 Å². The number of aryl methyl sites for hydroxylation is 2. The fourth-order valence-corrected chi connectivity index (χ4v) is 2.03. The molecule has 32 heavy (non-hydrogen) atoms. The Morgan fingerprint density at radius 3 is 2.12 bits per heavy atom. The van der Waals surface area contributed by atoms with E-state index < -0.39 is 24.0 Å². The molecular formula is C19H25F7N2O4. The summed E-state index contributed by atoms with van der Waals surface area (Å²) in [4.78, 5) is 20.4. The summed E-state index contributed by atoms with van der Waals surface area (Å²) in [5.41, 5.74) is 0.461. The van der Waals surface area contributed by atoms with Crippen molar-refractivity contribution in [1.29, 1.82) is 0 Å². The van der Waals surface area contributed by atoms with Gasteiger partial charge in [0.25, 0.3) is 0 Å². The highest BCUT2D eigenvalue weighted by Crippen LogP contribution is 2.46. The largest absolute Gasteiger partial charge is 0.544 e. The molecule has 0 amide bonds. The summed E-state index contributed by atoms with van der Waals surface area (Å²) in [5.74, 6) is -17.0. The molecule has 13 heteroatoms. The number of hydrogen-bond donors (Lipinski definition) is 0. The maximum absolute atomic E-state index is 11.7. The summed E-state index contributed by atoms with van der Waals surface area (Å²) < 4.78 is 89.6. The Labute approximate surface area is 180 Å². The lowest BCUT2D eigenvalue weighted by molar-refractivity contribution is -0.696. The number of esters is 1. The number of carboxylic acid groups (broad SMARTS) is 1.